The van der Waals surface area contributed by atoms with Gasteiger partial charge in [-0.2, -0.15) is 0 Å². The Kier molecular flexibility index (Phi) is 2.59. The molecular weight excluding hydrogens is 256 g/mol. The molecule has 2 aromatic heterocycles. The van der Waals surface area contributed by atoms with E-state index in [0.717, 1.165) is 17.5 Å². The van der Waals surface area contributed by atoms with Gasteiger partial charge in [0.25, 0.3) is 0 Å². The Balaban J connectivity index is 2.05. The van der Waals surface area contributed by atoms with Crippen molar-refractivity contribution in [2.75, 3.05) is 0 Å². The van der Waals surface area contributed by atoms with Gasteiger partial charge in [0.1, 0.15) is 0 Å². The molecule has 0 amide bonds. The average Bonchev–Trinajstić information content (AvgIpc) is 2.50. The highest BCUT2D eigenvalue weighted by atomic mass is 14.8. The summed E-state index contributed by atoms with van der Waals surface area (Å²) in [4.78, 5) is 9.62. The summed E-state index contributed by atoms with van der Waals surface area (Å²) >= 11 is 0. The number of hydrogen-bond donors (Lipinski definition) is 0. The highest BCUT2D eigenvalue weighted by molar-refractivity contribution is 6.02. The van der Waals surface area contributed by atoms with Crippen LogP contribution in [0, 0.1) is 5.41 Å². The predicted octanol–water partition coefficient (Wildman–Crippen LogP) is 4.86. The van der Waals surface area contributed by atoms with Crippen molar-refractivity contribution >= 4 is 21.8 Å². The van der Waals surface area contributed by atoms with Crippen LogP contribution >= 0.6 is 0 Å². The van der Waals surface area contributed by atoms with Crippen molar-refractivity contribution in [3.8, 4) is 0 Å². The Morgan fingerprint density at radius 2 is 1.90 bits per heavy atom. The zero-order valence-electron chi connectivity index (χ0n) is 12.9. The second-order valence-corrected chi connectivity index (χ2v) is 6.96. The Bertz CT molecular complexity index is 849. The third kappa shape index (κ3) is 1.85. The van der Waals surface area contributed by atoms with Crippen LogP contribution in [0.15, 0.2) is 36.5 Å². The van der Waals surface area contributed by atoms with Gasteiger partial charge in [-0.1, -0.05) is 39.0 Å². The molecule has 1 aromatic carbocycles. The maximum atomic E-state index is 5.06. The van der Waals surface area contributed by atoms with Crippen molar-refractivity contribution in [3.05, 3.63) is 47.8 Å². The summed E-state index contributed by atoms with van der Waals surface area (Å²) < 4.78 is 0. The fourth-order valence-electron chi connectivity index (χ4n) is 3.45. The minimum Gasteiger partial charge on any atom is -0.254 e. The average molecular weight is 276 g/mol. The van der Waals surface area contributed by atoms with Crippen LogP contribution in [-0.2, 0) is 6.42 Å². The molecule has 1 unspecified atom stereocenters. The summed E-state index contributed by atoms with van der Waals surface area (Å²) in [7, 11) is 0. The molecule has 106 valence electrons. The Morgan fingerprint density at radius 1 is 1.10 bits per heavy atom. The largest absolute Gasteiger partial charge is 0.254 e. The van der Waals surface area contributed by atoms with Crippen LogP contribution < -0.4 is 0 Å². The minimum atomic E-state index is 0.325. The lowest BCUT2D eigenvalue weighted by Gasteiger charge is -2.37. The SMILES string of the molecule is CC1c2nc3c(ccc4cccnc43)cc2CCC1(C)C. The minimum absolute atomic E-state index is 0.325. The van der Waals surface area contributed by atoms with Crippen molar-refractivity contribution in [3.63, 3.8) is 0 Å². The van der Waals surface area contributed by atoms with Crippen LogP contribution in [0.5, 0.6) is 0 Å². The molecule has 0 N–H and O–H groups in total. The number of nitrogens with zero attached hydrogens (tertiary/aromatic N) is 2. The molecule has 1 aliphatic carbocycles. The van der Waals surface area contributed by atoms with E-state index in [2.05, 4.69) is 50.0 Å². The maximum Gasteiger partial charge on any atom is 0.0968 e. The van der Waals surface area contributed by atoms with E-state index in [1.54, 1.807) is 0 Å². The van der Waals surface area contributed by atoms with Crippen LogP contribution in [-0.4, -0.2) is 9.97 Å². The van der Waals surface area contributed by atoms with E-state index in [9.17, 15) is 0 Å². The summed E-state index contributed by atoms with van der Waals surface area (Å²) in [5.74, 6) is 0.490. The fourth-order valence-corrected chi connectivity index (χ4v) is 3.45. The third-order valence-corrected chi connectivity index (χ3v) is 5.29. The first-order valence-corrected chi connectivity index (χ1v) is 7.73. The molecular formula is C19H20N2. The zero-order chi connectivity index (χ0) is 14.6. The second kappa shape index (κ2) is 4.27. The van der Waals surface area contributed by atoms with Crippen LogP contribution in [0.1, 0.15) is 44.4 Å². The Morgan fingerprint density at radius 3 is 2.76 bits per heavy atom. The number of aromatic nitrogens is 2. The molecule has 3 aromatic rings. The number of pyridine rings is 2. The summed E-state index contributed by atoms with van der Waals surface area (Å²) in [5, 5.41) is 2.38. The van der Waals surface area contributed by atoms with Gasteiger partial charge in [-0.15, -0.1) is 0 Å². The first-order chi connectivity index (χ1) is 10.1. The molecule has 2 nitrogen and oxygen atoms in total. The molecule has 0 saturated heterocycles. The van der Waals surface area contributed by atoms with Gasteiger partial charge >= 0.3 is 0 Å². The van der Waals surface area contributed by atoms with Gasteiger partial charge in [0.05, 0.1) is 11.0 Å². The van der Waals surface area contributed by atoms with Gasteiger partial charge in [-0.3, -0.25) is 4.98 Å². The lowest BCUT2D eigenvalue weighted by atomic mass is 9.69. The van der Waals surface area contributed by atoms with Crippen LogP contribution in [0.2, 0.25) is 0 Å². The summed E-state index contributed by atoms with van der Waals surface area (Å²) in [5.41, 5.74) is 5.09. The van der Waals surface area contributed by atoms with Gasteiger partial charge in [-0.25, -0.2) is 4.98 Å². The Labute approximate surface area is 125 Å². The molecule has 0 fully saturated rings. The van der Waals surface area contributed by atoms with E-state index in [0.29, 0.717) is 11.3 Å². The highest BCUT2D eigenvalue weighted by Crippen LogP contribution is 2.44. The summed E-state index contributed by atoms with van der Waals surface area (Å²) in [6, 6.07) is 10.7. The lowest BCUT2D eigenvalue weighted by molar-refractivity contribution is 0.254. The first-order valence-electron chi connectivity index (χ1n) is 7.73. The molecule has 2 heteroatoms. The van der Waals surface area contributed by atoms with Crippen molar-refractivity contribution in [2.24, 2.45) is 5.41 Å². The number of aryl methyl sites for hydroxylation is 1. The first kappa shape index (κ1) is 12.8. The molecule has 4 rings (SSSR count). The van der Waals surface area contributed by atoms with E-state index in [1.807, 2.05) is 12.3 Å². The van der Waals surface area contributed by atoms with Crippen molar-refractivity contribution in [2.45, 2.75) is 39.5 Å². The van der Waals surface area contributed by atoms with E-state index >= 15 is 0 Å². The van der Waals surface area contributed by atoms with E-state index in [4.69, 9.17) is 4.98 Å². The molecule has 2 heterocycles. The molecule has 21 heavy (non-hydrogen) atoms. The smallest absolute Gasteiger partial charge is 0.0968 e. The summed E-state index contributed by atoms with van der Waals surface area (Å²) in [6.07, 6.45) is 4.23. The fraction of sp³-hybridized carbons (Fsp3) is 0.368. The third-order valence-electron chi connectivity index (χ3n) is 5.29. The van der Waals surface area contributed by atoms with E-state index < -0.39 is 0 Å². The topological polar surface area (TPSA) is 25.8 Å². The molecule has 1 aliphatic rings. The molecule has 0 aliphatic heterocycles. The molecule has 0 saturated carbocycles. The normalized spacial score (nSPS) is 20.6. The molecule has 1 atom stereocenters. The van der Waals surface area contributed by atoms with E-state index in [1.165, 1.54) is 28.5 Å². The standard InChI is InChI=1S/C19H20N2/c1-12-16-15(8-9-19(12,2)3)11-14-7-6-13-5-4-10-20-17(13)18(14)21-16/h4-7,10-12H,8-9H2,1-3H3. The van der Waals surface area contributed by atoms with Gasteiger partial charge in [0.15, 0.2) is 0 Å². The number of rotatable bonds is 0. The highest BCUT2D eigenvalue weighted by Gasteiger charge is 2.34. The maximum absolute atomic E-state index is 5.06. The van der Waals surface area contributed by atoms with Gasteiger partial charge in [-0.05, 0) is 36.0 Å². The van der Waals surface area contributed by atoms with Gasteiger partial charge < -0.3 is 0 Å². The van der Waals surface area contributed by atoms with Crippen molar-refractivity contribution < 1.29 is 0 Å². The molecule has 0 spiro atoms. The monoisotopic (exact) mass is 276 g/mol. The number of fused-ring (bicyclic) bond motifs is 4. The van der Waals surface area contributed by atoms with Crippen LogP contribution in [0.25, 0.3) is 21.8 Å². The summed E-state index contributed by atoms with van der Waals surface area (Å²) in [6.45, 7) is 7.02. The van der Waals surface area contributed by atoms with Gasteiger partial charge in [0, 0.05) is 28.6 Å². The second-order valence-electron chi connectivity index (χ2n) is 6.96. The zero-order valence-corrected chi connectivity index (χ0v) is 12.9. The van der Waals surface area contributed by atoms with Crippen LogP contribution in [0.4, 0.5) is 0 Å². The molecule has 0 bridgehead atoms. The van der Waals surface area contributed by atoms with Crippen molar-refractivity contribution in [1.29, 1.82) is 0 Å². The Hall–Kier alpha value is -1.96. The predicted molar refractivity (Wildman–Crippen MR) is 87.6 cm³/mol. The lowest BCUT2D eigenvalue weighted by Crippen LogP contribution is -2.27. The van der Waals surface area contributed by atoms with Crippen molar-refractivity contribution in [1.82, 2.24) is 9.97 Å². The quantitative estimate of drug-likeness (QED) is 0.548. The number of hydrogen-bond acceptors (Lipinski definition) is 2. The number of benzene rings is 1. The van der Waals surface area contributed by atoms with Gasteiger partial charge in [0.2, 0.25) is 0 Å². The van der Waals surface area contributed by atoms with E-state index in [-0.39, 0.29) is 0 Å². The van der Waals surface area contributed by atoms with Crippen LogP contribution in [0.3, 0.4) is 0 Å². The molecule has 0 radical (unpaired) electrons.